The lowest BCUT2D eigenvalue weighted by Crippen LogP contribution is -2.79. The van der Waals surface area contributed by atoms with Crippen molar-refractivity contribution in [1.29, 1.82) is 0 Å². The fraction of sp³-hybridized carbons (Fsp3) is 0. The molecule has 0 saturated carbocycles. The molecular weight excluding hydrogens is 397 g/mol. The van der Waals surface area contributed by atoms with Gasteiger partial charge in [0.25, 0.3) is 0 Å². The van der Waals surface area contributed by atoms with E-state index in [1.165, 1.54) is 0 Å². The SMILES string of the molecule is ClN1B(c2ccccc2)N(Cl)B(c2ccccc2)N(Cl)B1c1ccccc1. The summed E-state index contributed by atoms with van der Waals surface area (Å²) in [5.41, 5.74) is 2.98. The van der Waals surface area contributed by atoms with Crippen LogP contribution in [0.4, 0.5) is 0 Å². The van der Waals surface area contributed by atoms with Gasteiger partial charge in [-0.2, -0.15) is 0 Å². The molecule has 1 aliphatic heterocycles. The van der Waals surface area contributed by atoms with Crippen molar-refractivity contribution in [2.45, 2.75) is 0 Å². The van der Waals surface area contributed by atoms with Crippen molar-refractivity contribution < 1.29 is 0 Å². The van der Waals surface area contributed by atoms with Gasteiger partial charge >= 0.3 is 20.9 Å². The van der Waals surface area contributed by atoms with E-state index in [1.807, 2.05) is 91.0 Å². The first-order valence-electron chi connectivity index (χ1n) is 8.65. The van der Waals surface area contributed by atoms with Crippen LogP contribution >= 0.6 is 35.3 Å². The molecule has 0 N–H and O–H groups in total. The Morgan fingerprint density at radius 3 is 0.852 bits per heavy atom. The van der Waals surface area contributed by atoms with E-state index >= 15 is 0 Å². The van der Waals surface area contributed by atoms with Crippen LogP contribution in [0.25, 0.3) is 0 Å². The van der Waals surface area contributed by atoms with Crippen molar-refractivity contribution in [2.24, 2.45) is 0 Å². The Balaban J connectivity index is 1.83. The normalized spacial score (nSPS) is 16.8. The number of halogens is 3. The lowest BCUT2D eigenvalue weighted by atomic mass is 9.43. The zero-order valence-electron chi connectivity index (χ0n) is 14.4. The number of hydrogen-bond donors (Lipinski definition) is 0. The predicted molar refractivity (Wildman–Crippen MR) is 119 cm³/mol. The minimum atomic E-state index is -0.361. The average molecular weight is 412 g/mol. The maximum Gasteiger partial charge on any atom is 0.355 e. The second kappa shape index (κ2) is 8.32. The van der Waals surface area contributed by atoms with Crippen molar-refractivity contribution in [2.75, 3.05) is 0 Å². The summed E-state index contributed by atoms with van der Waals surface area (Å²) in [5, 5.41) is 0. The van der Waals surface area contributed by atoms with Gasteiger partial charge in [0.15, 0.2) is 0 Å². The van der Waals surface area contributed by atoms with Gasteiger partial charge in [-0.05, 0) is 51.7 Å². The first-order chi connectivity index (χ1) is 13.2. The molecule has 3 aromatic rings. The summed E-state index contributed by atoms with van der Waals surface area (Å²) in [7, 11) is 0. The Kier molecular flexibility index (Phi) is 5.83. The third-order valence-corrected chi connectivity index (χ3v) is 5.80. The van der Waals surface area contributed by atoms with Crippen molar-refractivity contribution in [3.05, 3.63) is 91.0 Å². The third-order valence-electron chi connectivity index (χ3n) is 4.69. The maximum atomic E-state index is 6.84. The van der Waals surface area contributed by atoms with E-state index in [0.717, 1.165) is 16.4 Å². The molecule has 1 fully saturated rings. The standard InChI is InChI=1S/C18H15B3Cl3N3/c22-25-19(16-10-4-1-5-11-16)26(23)21(18-14-8-3-9-15-18)27(24)20(25)17-12-6-2-7-13-17/h1-15H. The summed E-state index contributed by atoms with van der Waals surface area (Å²) in [5.74, 6) is 0. The summed E-state index contributed by atoms with van der Waals surface area (Å²) in [6.07, 6.45) is 0. The monoisotopic (exact) mass is 411 g/mol. The molecule has 3 nitrogen and oxygen atoms in total. The van der Waals surface area contributed by atoms with Gasteiger partial charge in [-0.15, -0.1) is 0 Å². The fourth-order valence-electron chi connectivity index (χ4n) is 3.45. The first kappa shape index (κ1) is 18.9. The summed E-state index contributed by atoms with van der Waals surface area (Å²) in [6.45, 7) is -1.08. The number of hydrogen-bond acceptors (Lipinski definition) is 3. The summed E-state index contributed by atoms with van der Waals surface area (Å²) in [4.78, 5) is 0. The van der Waals surface area contributed by atoms with Crippen LogP contribution in [0.15, 0.2) is 91.0 Å². The van der Waals surface area contributed by atoms with E-state index < -0.39 is 0 Å². The minimum absolute atomic E-state index is 0.361. The minimum Gasteiger partial charge on any atom is -0.259 e. The molecule has 0 aromatic heterocycles. The van der Waals surface area contributed by atoms with E-state index in [9.17, 15) is 0 Å². The highest BCUT2D eigenvalue weighted by atomic mass is 35.5. The molecule has 0 amide bonds. The molecule has 4 rings (SSSR count). The van der Waals surface area contributed by atoms with Crippen LogP contribution in [-0.2, 0) is 0 Å². The van der Waals surface area contributed by atoms with Gasteiger partial charge in [-0.3, -0.25) is 12.7 Å². The number of nitrogens with zero attached hydrogens (tertiary/aromatic N) is 3. The Morgan fingerprint density at radius 1 is 0.407 bits per heavy atom. The second-order valence-electron chi connectivity index (χ2n) is 6.39. The Bertz CT molecular complexity index is 746. The maximum absolute atomic E-state index is 6.84. The van der Waals surface area contributed by atoms with Crippen LogP contribution in [0, 0.1) is 0 Å². The Labute approximate surface area is 176 Å². The molecule has 132 valence electrons. The largest absolute Gasteiger partial charge is 0.355 e. The van der Waals surface area contributed by atoms with Crippen LogP contribution < -0.4 is 16.4 Å². The van der Waals surface area contributed by atoms with E-state index in [4.69, 9.17) is 35.3 Å². The van der Waals surface area contributed by atoms with Crippen molar-refractivity contribution in [1.82, 2.24) is 12.7 Å². The van der Waals surface area contributed by atoms with E-state index in [2.05, 4.69) is 0 Å². The summed E-state index contributed by atoms with van der Waals surface area (Å²) >= 11 is 20.5. The molecule has 27 heavy (non-hydrogen) atoms. The lowest BCUT2D eigenvalue weighted by molar-refractivity contribution is 0.775. The lowest BCUT2D eigenvalue weighted by Gasteiger charge is -2.46. The van der Waals surface area contributed by atoms with Crippen molar-refractivity contribution in [3.63, 3.8) is 0 Å². The summed E-state index contributed by atoms with van der Waals surface area (Å²) in [6, 6.07) is 29.9. The highest BCUT2D eigenvalue weighted by molar-refractivity contribution is 7.06. The van der Waals surface area contributed by atoms with E-state index in [1.54, 1.807) is 12.7 Å². The van der Waals surface area contributed by atoms with Crippen LogP contribution in [0.5, 0.6) is 0 Å². The third kappa shape index (κ3) is 3.66. The van der Waals surface area contributed by atoms with Crippen LogP contribution in [-0.4, -0.2) is 33.7 Å². The number of benzene rings is 3. The van der Waals surface area contributed by atoms with Gasteiger partial charge < -0.3 is 0 Å². The van der Waals surface area contributed by atoms with Gasteiger partial charge in [0, 0.05) is 0 Å². The van der Waals surface area contributed by atoms with Crippen molar-refractivity contribution >= 4 is 72.7 Å². The smallest absolute Gasteiger partial charge is 0.259 e. The molecule has 0 radical (unpaired) electrons. The van der Waals surface area contributed by atoms with Crippen LogP contribution in [0.3, 0.4) is 0 Å². The average Bonchev–Trinajstić information content (AvgIpc) is 2.70. The molecule has 1 aliphatic rings. The van der Waals surface area contributed by atoms with Crippen LogP contribution in [0.2, 0.25) is 0 Å². The Morgan fingerprint density at radius 2 is 0.630 bits per heavy atom. The predicted octanol–water partition coefficient (Wildman–Crippen LogP) is 2.55. The molecule has 3 aromatic carbocycles. The molecule has 1 heterocycles. The highest BCUT2D eigenvalue weighted by Gasteiger charge is 2.54. The topological polar surface area (TPSA) is 9.72 Å². The zero-order valence-corrected chi connectivity index (χ0v) is 16.6. The quantitative estimate of drug-likeness (QED) is 0.484. The highest BCUT2D eigenvalue weighted by Crippen LogP contribution is 2.25. The first-order valence-corrected chi connectivity index (χ1v) is 9.67. The zero-order chi connectivity index (χ0) is 18.8. The molecule has 9 heteroatoms. The molecule has 0 spiro atoms. The van der Waals surface area contributed by atoms with Gasteiger partial charge in [0.05, 0.1) is 0 Å². The van der Waals surface area contributed by atoms with Crippen LogP contribution in [0.1, 0.15) is 0 Å². The van der Waals surface area contributed by atoms with Gasteiger partial charge in [-0.25, -0.2) is 0 Å². The molecule has 1 saturated heterocycles. The fourth-order valence-corrected chi connectivity index (χ4v) is 4.82. The molecule has 0 aliphatic carbocycles. The molecule has 0 bridgehead atoms. The van der Waals surface area contributed by atoms with Gasteiger partial charge in [-0.1, -0.05) is 91.0 Å². The van der Waals surface area contributed by atoms with E-state index in [0.29, 0.717) is 0 Å². The van der Waals surface area contributed by atoms with Gasteiger partial charge in [0.2, 0.25) is 0 Å². The molecule has 0 unspecified atom stereocenters. The van der Waals surface area contributed by atoms with E-state index in [-0.39, 0.29) is 20.9 Å². The molecule has 0 atom stereocenters. The second-order valence-corrected chi connectivity index (χ2v) is 7.56. The number of rotatable bonds is 3. The summed E-state index contributed by atoms with van der Waals surface area (Å²) < 4.78 is 5.01. The molecular formula is C18H15B3Cl3N3. The van der Waals surface area contributed by atoms with Gasteiger partial charge in [0.1, 0.15) is 0 Å². The Hall–Kier alpha value is -1.40. The van der Waals surface area contributed by atoms with Crippen molar-refractivity contribution in [3.8, 4) is 0 Å².